The molecule has 2 fully saturated rings. The van der Waals surface area contributed by atoms with Crippen molar-refractivity contribution >= 4 is 30.8 Å². The van der Waals surface area contributed by atoms with E-state index >= 15 is 0 Å². The largest absolute Gasteiger partial charge is 0.533 e. The van der Waals surface area contributed by atoms with Crippen LogP contribution in [0, 0.1) is 0 Å². The first-order valence-electron chi connectivity index (χ1n) is 21.4. The summed E-state index contributed by atoms with van der Waals surface area (Å²) in [6.07, 6.45) is 10.2. The zero-order valence-electron chi connectivity index (χ0n) is 35.2. The van der Waals surface area contributed by atoms with Gasteiger partial charge in [0.15, 0.2) is 24.4 Å². The molecule has 2 aliphatic rings. The highest BCUT2D eigenvalue weighted by atomic mass is 16.9. The first kappa shape index (κ1) is 49.8. The lowest BCUT2D eigenvalue weighted by Crippen LogP contribution is -2.50. The smallest absolute Gasteiger partial charge is 0.505 e. The maximum atomic E-state index is 12.8. The molecule has 0 aromatic rings. The summed E-state index contributed by atoms with van der Waals surface area (Å²) in [6, 6.07) is 0. The van der Waals surface area contributed by atoms with Crippen molar-refractivity contribution in [2.45, 2.75) is 183 Å². The second kappa shape index (κ2) is 29.1. The standard InChI is InChI=1S/C24H40BO12.C16H36N/c1-5-9-13-30-21(26)17-18(22(27)31-14-10-6-2)35-25(34-17)36-19(23(28)32-15-11-7-3)20(37-25)24(29)33-16-12-8-4;1-5-9-13-17(14-10-6-2,15-11-7-3)16-12-8-4/h17-20H,5-16H2,1-4H3;5-16H2,1-4H3/q-1;+1/t17-,18-,19-,20-;/m1./s1. The summed E-state index contributed by atoms with van der Waals surface area (Å²) in [5.41, 5.74) is 0. The van der Waals surface area contributed by atoms with Crippen LogP contribution in [-0.4, -0.2) is 112 Å². The summed E-state index contributed by atoms with van der Waals surface area (Å²) in [6.45, 7) is 19.8. The predicted octanol–water partition coefficient (Wildman–Crippen LogP) is 7.37. The minimum atomic E-state index is -3.35. The molecule has 316 valence electrons. The fraction of sp³-hybridized carbons (Fsp3) is 0.900. The number of carbonyl (C=O) groups is 4. The first-order chi connectivity index (χ1) is 26.1. The van der Waals surface area contributed by atoms with Crippen LogP contribution in [0.3, 0.4) is 0 Å². The highest BCUT2D eigenvalue weighted by molar-refractivity contribution is 6.56. The zero-order valence-corrected chi connectivity index (χ0v) is 35.2. The molecular formula is C40H76BNO12. The number of esters is 4. The fourth-order valence-corrected chi connectivity index (χ4v) is 6.15. The maximum absolute atomic E-state index is 12.8. The van der Waals surface area contributed by atoms with Crippen molar-refractivity contribution in [1.29, 1.82) is 0 Å². The van der Waals surface area contributed by atoms with E-state index in [1.165, 1.54) is 82.0 Å². The van der Waals surface area contributed by atoms with Crippen molar-refractivity contribution in [3.63, 3.8) is 0 Å². The van der Waals surface area contributed by atoms with Crippen LogP contribution < -0.4 is 0 Å². The predicted molar refractivity (Wildman–Crippen MR) is 208 cm³/mol. The van der Waals surface area contributed by atoms with Crippen molar-refractivity contribution in [3.8, 4) is 0 Å². The van der Waals surface area contributed by atoms with Crippen molar-refractivity contribution < 1.29 is 61.2 Å². The van der Waals surface area contributed by atoms with Crippen LogP contribution in [-0.2, 0) is 56.7 Å². The van der Waals surface area contributed by atoms with Gasteiger partial charge in [-0.2, -0.15) is 0 Å². The average molecular weight is 774 g/mol. The van der Waals surface area contributed by atoms with Gasteiger partial charge in [-0.25, -0.2) is 19.2 Å². The number of nitrogens with zero attached hydrogens (tertiary/aromatic N) is 1. The lowest BCUT2D eigenvalue weighted by atomic mass is 10.1. The lowest BCUT2D eigenvalue weighted by molar-refractivity contribution is -0.929. The van der Waals surface area contributed by atoms with Gasteiger partial charge < -0.3 is 42.0 Å². The number of hydrogen-bond acceptors (Lipinski definition) is 12. The zero-order chi connectivity index (χ0) is 40.2. The van der Waals surface area contributed by atoms with E-state index in [2.05, 4.69) is 27.7 Å². The van der Waals surface area contributed by atoms with Crippen LogP contribution in [0.1, 0.15) is 158 Å². The van der Waals surface area contributed by atoms with E-state index in [4.69, 9.17) is 37.6 Å². The van der Waals surface area contributed by atoms with Gasteiger partial charge in [-0.15, -0.1) is 0 Å². The molecule has 0 saturated carbocycles. The topological polar surface area (TPSA) is 142 Å². The van der Waals surface area contributed by atoms with E-state index in [-0.39, 0.29) is 26.4 Å². The molecule has 0 aliphatic carbocycles. The Kier molecular flexibility index (Phi) is 26.8. The molecule has 0 unspecified atom stereocenters. The summed E-state index contributed by atoms with van der Waals surface area (Å²) in [5, 5.41) is 0. The second-order valence-electron chi connectivity index (χ2n) is 14.5. The lowest BCUT2D eigenvalue weighted by Gasteiger charge is -2.39. The fourth-order valence-electron chi connectivity index (χ4n) is 6.15. The molecule has 0 aromatic carbocycles. The molecule has 0 aromatic heterocycles. The monoisotopic (exact) mass is 774 g/mol. The third-order valence-electron chi connectivity index (χ3n) is 9.65. The Balaban J connectivity index is 0.000000720. The van der Waals surface area contributed by atoms with Gasteiger partial charge in [-0.1, -0.05) is 107 Å². The molecule has 0 radical (unpaired) electrons. The van der Waals surface area contributed by atoms with Crippen molar-refractivity contribution in [2.75, 3.05) is 52.6 Å². The highest BCUT2D eigenvalue weighted by Crippen LogP contribution is 2.37. The van der Waals surface area contributed by atoms with Gasteiger partial charge in [-0.3, -0.25) is 0 Å². The molecule has 0 N–H and O–H groups in total. The van der Waals surface area contributed by atoms with E-state index in [0.29, 0.717) is 25.7 Å². The van der Waals surface area contributed by atoms with Crippen LogP contribution in [0.2, 0.25) is 0 Å². The van der Waals surface area contributed by atoms with Gasteiger partial charge in [0.05, 0.1) is 52.6 Å². The van der Waals surface area contributed by atoms with E-state index < -0.39 is 55.3 Å². The highest BCUT2D eigenvalue weighted by Gasteiger charge is 2.61. The van der Waals surface area contributed by atoms with Gasteiger partial charge >= 0.3 is 30.8 Å². The average Bonchev–Trinajstić information content (AvgIpc) is 3.75. The molecule has 1 spiro atoms. The summed E-state index contributed by atoms with van der Waals surface area (Å²) in [4.78, 5) is 51.1. The van der Waals surface area contributed by atoms with E-state index in [1.54, 1.807) is 0 Å². The number of carbonyl (C=O) groups excluding carboxylic acids is 4. The second-order valence-corrected chi connectivity index (χ2v) is 14.5. The Bertz CT molecular complexity index is 883. The van der Waals surface area contributed by atoms with Crippen molar-refractivity contribution in [2.24, 2.45) is 0 Å². The van der Waals surface area contributed by atoms with Crippen LogP contribution in [0.15, 0.2) is 0 Å². The van der Waals surface area contributed by atoms with Gasteiger partial charge in [0.1, 0.15) is 0 Å². The quantitative estimate of drug-likeness (QED) is 0.0258. The molecule has 2 heterocycles. The minimum Gasteiger partial charge on any atom is -0.505 e. The Hall–Kier alpha value is -2.26. The Labute approximate surface area is 326 Å². The minimum absolute atomic E-state index is 0.104. The molecule has 0 amide bonds. The Morgan fingerprint density at radius 3 is 0.778 bits per heavy atom. The number of hydrogen-bond donors (Lipinski definition) is 0. The maximum Gasteiger partial charge on any atom is 0.533 e. The van der Waals surface area contributed by atoms with Gasteiger partial charge in [-0.05, 0) is 51.4 Å². The van der Waals surface area contributed by atoms with Crippen LogP contribution in [0.25, 0.3) is 0 Å². The summed E-state index contributed by atoms with van der Waals surface area (Å²) < 4.78 is 44.9. The molecular weight excluding hydrogens is 697 g/mol. The Morgan fingerprint density at radius 1 is 0.389 bits per heavy atom. The van der Waals surface area contributed by atoms with E-state index in [0.717, 1.165) is 25.7 Å². The summed E-state index contributed by atoms with van der Waals surface area (Å²) in [7, 11) is 0. The van der Waals surface area contributed by atoms with Crippen LogP contribution in [0.4, 0.5) is 0 Å². The first-order valence-corrected chi connectivity index (χ1v) is 21.4. The molecule has 14 heteroatoms. The summed E-state index contributed by atoms with van der Waals surface area (Å²) >= 11 is 0. The SMILES string of the molecule is CCCCOC(=O)[C@@H]1O[B-]2(O[C@H]1C(=O)OCCCC)O[C@@H](C(=O)OCCCC)[C@H](C(=O)OCCCC)O2.CCCC[N+](CCCC)(CCCC)CCCC. The molecule has 2 rings (SSSR count). The van der Waals surface area contributed by atoms with Crippen molar-refractivity contribution in [3.05, 3.63) is 0 Å². The molecule has 2 aliphatic heterocycles. The van der Waals surface area contributed by atoms with Gasteiger partial charge in [0.2, 0.25) is 0 Å². The molecule has 0 bridgehead atoms. The molecule has 54 heavy (non-hydrogen) atoms. The third kappa shape index (κ3) is 17.7. The van der Waals surface area contributed by atoms with Gasteiger partial charge in [0.25, 0.3) is 0 Å². The number of rotatable bonds is 28. The number of ether oxygens (including phenoxy) is 4. The Morgan fingerprint density at radius 2 is 0.593 bits per heavy atom. The summed E-state index contributed by atoms with van der Waals surface area (Å²) in [5.74, 6) is -3.53. The molecule has 13 nitrogen and oxygen atoms in total. The van der Waals surface area contributed by atoms with Crippen LogP contribution in [0.5, 0.6) is 0 Å². The normalized spacial score (nSPS) is 20.3. The number of quaternary nitrogens is 1. The van der Waals surface area contributed by atoms with E-state index in [9.17, 15) is 19.2 Å². The van der Waals surface area contributed by atoms with Gasteiger partial charge in [0, 0.05) is 0 Å². The molecule has 4 atom stereocenters. The molecule has 2 saturated heterocycles. The third-order valence-corrected chi connectivity index (χ3v) is 9.65. The van der Waals surface area contributed by atoms with Crippen molar-refractivity contribution in [1.82, 2.24) is 0 Å². The number of unbranched alkanes of at least 4 members (excludes halogenated alkanes) is 8. The van der Waals surface area contributed by atoms with E-state index in [1.807, 2.05) is 27.7 Å². The van der Waals surface area contributed by atoms with Crippen LogP contribution >= 0.6 is 0 Å².